The molecule has 3 nitrogen and oxygen atoms in total. The third-order valence-corrected chi connectivity index (χ3v) is 4.81. The lowest BCUT2D eigenvalue weighted by Gasteiger charge is -2.24. The Kier molecular flexibility index (Phi) is 8.31. The number of rotatable bonds is 2. The second kappa shape index (κ2) is 6.88. The largest absolute Gasteiger partial charge is 0.216 e. The standard InChI is InChI=1S/C8H17NO2S.2ClH/c1-9(2)12(10,11)8-6-4-3-5-7-8;;/h8H,3-7H2,1-2H3;2*1H. The average Bonchev–Trinajstić information content (AvgIpc) is 2.06. The molecular formula is C8H19Cl2NO2S. The van der Waals surface area contributed by atoms with E-state index in [1.54, 1.807) is 14.1 Å². The van der Waals surface area contributed by atoms with Crippen LogP contribution in [0.3, 0.4) is 0 Å². The van der Waals surface area contributed by atoms with Gasteiger partial charge in [-0.25, -0.2) is 12.7 Å². The maximum atomic E-state index is 11.6. The molecule has 88 valence electrons. The molecule has 0 amide bonds. The predicted octanol–water partition coefficient (Wildman–Crippen LogP) is 2.05. The van der Waals surface area contributed by atoms with Gasteiger partial charge in [0.1, 0.15) is 0 Å². The Hall–Kier alpha value is 0.490. The third-order valence-electron chi connectivity index (χ3n) is 2.48. The molecule has 0 aliphatic heterocycles. The summed E-state index contributed by atoms with van der Waals surface area (Å²) in [6.45, 7) is 0. The van der Waals surface area contributed by atoms with Crippen LogP contribution in [0, 0.1) is 0 Å². The molecule has 0 bridgehead atoms. The van der Waals surface area contributed by atoms with E-state index < -0.39 is 10.0 Å². The van der Waals surface area contributed by atoms with E-state index in [0.29, 0.717) is 0 Å². The van der Waals surface area contributed by atoms with Gasteiger partial charge >= 0.3 is 0 Å². The first-order chi connectivity index (χ1) is 5.55. The first-order valence-corrected chi connectivity index (χ1v) is 5.97. The van der Waals surface area contributed by atoms with E-state index in [1.165, 1.54) is 10.7 Å². The number of nitrogens with zero attached hydrogens (tertiary/aromatic N) is 1. The van der Waals surface area contributed by atoms with Crippen LogP contribution < -0.4 is 0 Å². The van der Waals surface area contributed by atoms with Crippen molar-refractivity contribution in [2.24, 2.45) is 0 Å². The topological polar surface area (TPSA) is 37.4 Å². The van der Waals surface area contributed by atoms with Gasteiger partial charge in [-0.1, -0.05) is 19.3 Å². The van der Waals surface area contributed by atoms with Crippen LogP contribution in [0.15, 0.2) is 0 Å². The average molecular weight is 264 g/mol. The van der Waals surface area contributed by atoms with Crippen molar-refractivity contribution < 1.29 is 8.42 Å². The Morgan fingerprint density at radius 3 is 1.79 bits per heavy atom. The second-order valence-electron chi connectivity index (χ2n) is 3.59. The normalized spacial score (nSPS) is 18.5. The van der Waals surface area contributed by atoms with Crippen LogP contribution in [0.2, 0.25) is 0 Å². The molecule has 0 unspecified atom stereocenters. The van der Waals surface area contributed by atoms with Crippen LogP contribution in [0.25, 0.3) is 0 Å². The Labute approximate surface area is 99.1 Å². The minimum atomic E-state index is -2.97. The summed E-state index contributed by atoms with van der Waals surface area (Å²) < 4.78 is 24.6. The summed E-state index contributed by atoms with van der Waals surface area (Å²) in [6, 6.07) is 0. The summed E-state index contributed by atoms with van der Waals surface area (Å²) >= 11 is 0. The fourth-order valence-electron chi connectivity index (χ4n) is 1.66. The zero-order valence-corrected chi connectivity index (χ0v) is 11.1. The van der Waals surface area contributed by atoms with Gasteiger partial charge in [-0.2, -0.15) is 0 Å². The summed E-state index contributed by atoms with van der Waals surface area (Å²) in [4.78, 5) is 0. The Morgan fingerprint density at radius 2 is 1.43 bits per heavy atom. The van der Waals surface area contributed by atoms with Crippen LogP contribution in [0.5, 0.6) is 0 Å². The fraction of sp³-hybridized carbons (Fsp3) is 1.00. The van der Waals surface area contributed by atoms with Crippen LogP contribution in [0.1, 0.15) is 32.1 Å². The highest BCUT2D eigenvalue weighted by molar-refractivity contribution is 7.89. The molecule has 0 heterocycles. The molecule has 1 fully saturated rings. The third kappa shape index (κ3) is 3.93. The zero-order valence-electron chi connectivity index (χ0n) is 8.60. The summed E-state index contributed by atoms with van der Waals surface area (Å²) in [5.74, 6) is 0. The minimum absolute atomic E-state index is 0. The number of hydrogen-bond donors (Lipinski definition) is 0. The minimum Gasteiger partial charge on any atom is -0.212 e. The summed E-state index contributed by atoms with van der Waals surface area (Å²) in [7, 11) is 0.263. The summed E-state index contributed by atoms with van der Waals surface area (Å²) in [5.41, 5.74) is 0. The lowest BCUT2D eigenvalue weighted by molar-refractivity contribution is 0.450. The molecular weight excluding hydrogens is 245 g/mol. The van der Waals surface area contributed by atoms with Crippen molar-refractivity contribution in [1.82, 2.24) is 4.31 Å². The highest BCUT2D eigenvalue weighted by Gasteiger charge is 2.28. The van der Waals surface area contributed by atoms with Gasteiger partial charge in [0.2, 0.25) is 10.0 Å². The van der Waals surface area contributed by atoms with E-state index in [9.17, 15) is 8.42 Å². The maximum absolute atomic E-state index is 11.6. The molecule has 0 atom stereocenters. The van der Waals surface area contributed by atoms with Gasteiger partial charge in [0.25, 0.3) is 0 Å². The van der Waals surface area contributed by atoms with Gasteiger partial charge in [0.15, 0.2) is 0 Å². The van der Waals surface area contributed by atoms with Crippen LogP contribution in [-0.4, -0.2) is 32.1 Å². The number of sulfonamides is 1. The van der Waals surface area contributed by atoms with Crippen LogP contribution in [0.4, 0.5) is 0 Å². The van der Waals surface area contributed by atoms with Crippen molar-refractivity contribution in [1.29, 1.82) is 0 Å². The molecule has 6 heteroatoms. The molecule has 0 aromatic rings. The smallest absolute Gasteiger partial charge is 0.212 e. The first kappa shape index (κ1) is 16.9. The van der Waals surface area contributed by atoms with Gasteiger partial charge in [-0.3, -0.25) is 0 Å². The van der Waals surface area contributed by atoms with Crippen molar-refractivity contribution in [3.63, 3.8) is 0 Å². The number of hydrogen-bond acceptors (Lipinski definition) is 2. The van der Waals surface area contributed by atoms with Crippen molar-refractivity contribution in [3.8, 4) is 0 Å². The zero-order chi connectivity index (χ0) is 9.19. The Balaban J connectivity index is 0. The highest BCUT2D eigenvalue weighted by Crippen LogP contribution is 2.24. The van der Waals surface area contributed by atoms with Gasteiger partial charge in [-0.15, -0.1) is 24.8 Å². The SMILES string of the molecule is CN(C)S(=O)(=O)C1CCCCC1.Cl.Cl. The van der Waals surface area contributed by atoms with E-state index in [2.05, 4.69) is 0 Å². The van der Waals surface area contributed by atoms with Crippen molar-refractivity contribution in [2.45, 2.75) is 37.4 Å². The molecule has 0 saturated heterocycles. The van der Waals surface area contributed by atoms with Crippen molar-refractivity contribution in [3.05, 3.63) is 0 Å². The van der Waals surface area contributed by atoms with Gasteiger partial charge in [0.05, 0.1) is 5.25 Å². The second-order valence-corrected chi connectivity index (χ2v) is 6.01. The Morgan fingerprint density at radius 1 is 1.00 bits per heavy atom. The molecule has 1 saturated carbocycles. The van der Waals surface area contributed by atoms with Gasteiger partial charge in [-0.05, 0) is 12.8 Å². The lowest BCUT2D eigenvalue weighted by atomic mass is 10.0. The van der Waals surface area contributed by atoms with Gasteiger partial charge < -0.3 is 0 Å². The summed E-state index contributed by atoms with van der Waals surface area (Å²) in [6.07, 6.45) is 5.02. The molecule has 14 heavy (non-hydrogen) atoms. The van der Waals surface area contributed by atoms with E-state index in [4.69, 9.17) is 0 Å². The van der Waals surface area contributed by atoms with E-state index in [0.717, 1.165) is 25.7 Å². The molecule has 0 aromatic carbocycles. The van der Waals surface area contributed by atoms with E-state index in [1.807, 2.05) is 0 Å². The Bertz CT molecular complexity index is 236. The van der Waals surface area contributed by atoms with Gasteiger partial charge in [0, 0.05) is 14.1 Å². The number of halogens is 2. The monoisotopic (exact) mass is 263 g/mol. The van der Waals surface area contributed by atoms with E-state index in [-0.39, 0.29) is 30.1 Å². The first-order valence-electron chi connectivity index (χ1n) is 4.46. The molecule has 0 aromatic heterocycles. The van der Waals surface area contributed by atoms with E-state index >= 15 is 0 Å². The lowest BCUT2D eigenvalue weighted by Crippen LogP contribution is -2.34. The molecule has 1 aliphatic carbocycles. The molecule has 0 N–H and O–H groups in total. The molecule has 1 aliphatic rings. The highest BCUT2D eigenvalue weighted by atomic mass is 35.5. The van der Waals surface area contributed by atoms with Crippen LogP contribution in [-0.2, 0) is 10.0 Å². The molecule has 1 rings (SSSR count). The fourth-order valence-corrected chi connectivity index (χ4v) is 3.19. The summed E-state index contributed by atoms with van der Waals surface area (Å²) in [5, 5.41) is -0.110. The quantitative estimate of drug-likeness (QED) is 0.765. The van der Waals surface area contributed by atoms with Crippen molar-refractivity contribution in [2.75, 3.05) is 14.1 Å². The predicted molar refractivity (Wildman–Crippen MR) is 64.0 cm³/mol. The maximum Gasteiger partial charge on any atom is 0.216 e. The van der Waals surface area contributed by atoms with Crippen LogP contribution >= 0.6 is 24.8 Å². The molecule has 0 radical (unpaired) electrons. The molecule has 0 spiro atoms. The van der Waals surface area contributed by atoms with Crippen molar-refractivity contribution >= 4 is 34.8 Å².